The van der Waals surface area contributed by atoms with Gasteiger partial charge in [0.05, 0.1) is 0 Å². The van der Waals surface area contributed by atoms with E-state index in [1.165, 1.54) is 4.88 Å². The van der Waals surface area contributed by atoms with Crippen LogP contribution in [0.25, 0.3) is 5.69 Å². The summed E-state index contributed by atoms with van der Waals surface area (Å²) in [4.78, 5) is 13.6. The normalized spacial score (nSPS) is 12.0. The van der Waals surface area contributed by atoms with Crippen molar-refractivity contribution in [1.82, 2.24) is 20.1 Å². The van der Waals surface area contributed by atoms with Crippen molar-refractivity contribution in [2.45, 2.75) is 19.4 Å². The molecule has 1 aromatic carbocycles. The first kappa shape index (κ1) is 14.5. The number of nitrogens with zero attached hydrogens (tertiary/aromatic N) is 3. The molecule has 0 aliphatic rings. The lowest BCUT2D eigenvalue weighted by atomic mass is 10.1. The number of hydrogen-bond donors (Lipinski definition) is 1. The minimum atomic E-state index is -0.0704. The zero-order valence-corrected chi connectivity index (χ0v) is 13.0. The van der Waals surface area contributed by atoms with E-state index in [2.05, 4.69) is 21.6 Å². The highest BCUT2D eigenvalue weighted by Gasteiger charge is 2.11. The number of rotatable bonds is 5. The van der Waals surface area contributed by atoms with Crippen LogP contribution in [0.15, 0.2) is 54.4 Å². The van der Waals surface area contributed by atoms with Gasteiger partial charge in [-0.2, -0.15) is 0 Å². The molecule has 3 rings (SSSR count). The van der Waals surface area contributed by atoms with Gasteiger partial charge in [0.1, 0.15) is 12.7 Å². The molecule has 0 saturated carbocycles. The fourth-order valence-corrected chi connectivity index (χ4v) is 3.07. The molecule has 0 aliphatic heterocycles. The molecule has 1 N–H and O–H groups in total. The largest absolute Gasteiger partial charge is 0.349 e. The van der Waals surface area contributed by atoms with Gasteiger partial charge in [-0.3, -0.25) is 9.36 Å². The van der Waals surface area contributed by atoms with Crippen LogP contribution in [0, 0.1) is 0 Å². The van der Waals surface area contributed by atoms with Crippen LogP contribution in [0.5, 0.6) is 0 Å². The number of benzene rings is 1. The van der Waals surface area contributed by atoms with Gasteiger partial charge in [-0.1, -0.05) is 12.1 Å². The van der Waals surface area contributed by atoms with E-state index in [0.717, 1.165) is 12.1 Å². The van der Waals surface area contributed by atoms with Crippen molar-refractivity contribution in [3.63, 3.8) is 0 Å². The van der Waals surface area contributed by atoms with Crippen LogP contribution >= 0.6 is 11.3 Å². The predicted molar refractivity (Wildman–Crippen MR) is 86.3 cm³/mol. The maximum atomic E-state index is 12.4. The van der Waals surface area contributed by atoms with Crippen molar-refractivity contribution in [3.8, 4) is 5.69 Å². The molecule has 6 heteroatoms. The van der Waals surface area contributed by atoms with Crippen molar-refractivity contribution in [1.29, 1.82) is 0 Å². The number of aromatic nitrogens is 3. The zero-order chi connectivity index (χ0) is 15.4. The average molecular weight is 312 g/mol. The van der Waals surface area contributed by atoms with Crippen LogP contribution in [0.1, 0.15) is 22.2 Å². The van der Waals surface area contributed by atoms with E-state index >= 15 is 0 Å². The number of amides is 1. The number of carbonyl (C=O) groups is 1. The lowest BCUT2D eigenvalue weighted by Crippen LogP contribution is -2.33. The Hall–Kier alpha value is -2.47. The topological polar surface area (TPSA) is 59.8 Å². The highest BCUT2D eigenvalue weighted by Crippen LogP contribution is 2.13. The Morgan fingerprint density at radius 3 is 2.82 bits per heavy atom. The molecule has 3 aromatic rings. The van der Waals surface area contributed by atoms with Gasteiger partial charge in [0, 0.05) is 28.6 Å². The number of hydrogen-bond acceptors (Lipinski definition) is 4. The second-order valence-electron chi connectivity index (χ2n) is 5.08. The first-order valence-electron chi connectivity index (χ1n) is 7.00. The van der Waals surface area contributed by atoms with Gasteiger partial charge in [0.15, 0.2) is 0 Å². The summed E-state index contributed by atoms with van der Waals surface area (Å²) < 4.78 is 1.77. The third-order valence-corrected chi connectivity index (χ3v) is 4.19. The maximum absolute atomic E-state index is 12.4. The molecule has 0 radical (unpaired) electrons. The van der Waals surface area contributed by atoms with Crippen LogP contribution in [-0.4, -0.2) is 26.7 Å². The van der Waals surface area contributed by atoms with E-state index in [4.69, 9.17) is 0 Å². The van der Waals surface area contributed by atoms with E-state index in [-0.39, 0.29) is 11.9 Å². The Bertz CT molecular complexity index is 737. The Morgan fingerprint density at radius 1 is 1.27 bits per heavy atom. The predicted octanol–water partition coefficient (Wildman–Crippen LogP) is 2.69. The third kappa shape index (κ3) is 3.40. The van der Waals surface area contributed by atoms with E-state index in [1.807, 2.05) is 36.6 Å². The molecule has 5 nitrogen and oxygen atoms in total. The fourth-order valence-electron chi connectivity index (χ4n) is 2.23. The molecular weight excluding hydrogens is 296 g/mol. The number of carbonyl (C=O) groups excluding carboxylic acids is 1. The first-order chi connectivity index (χ1) is 10.7. The van der Waals surface area contributed by atoms with E-state index in [0.29, 0.717) is 5.56 Å². The molecule has 0 fully saturated rings. The molecule has 0 spiro atoms. The number of nitrogens with one attached hydrogen (secondary N) is 1. The smallest absolute Gasteiger partial charge is 0.251 e. The van der Waals surface area contributed by atoms with Crippen LogP contribution < -0.4 is 5.32 Å². The van der Waals surface area contributed by atoms with Crippen LogP contribution in [0.4, 0.5) is 0 Å². The summed E-state index contributed by atoms with van der Waals surface area (Å²) in [6.45, 7) is 2.02. The highest BCUT2D eigenvalue weighted by atomic mass is 32.1. The minimum absolute atomic E-state index is 0.0704. The second-order valence-corrected chi connectivity index (χ2v) is 6.11. The standard InChI is InChI=1S/C16H16N4OS/c1-12(8-15-6-3-7-22-15)19-16(21)13-4-2-5-14(9-13)20-10-17-18-11-20/h2-7,9-12H,8H2,1H3,(H,19,21)/t12-/m0/s1. The molecule has 0 aliphatic carbocycles. The van der Waals surface area contributed by atoms with Crippen LogP contribution in [0.3, 0.4) is 0 Å². The summed E-state index contributed by atoms with van der Waals surface area (Å²) >= 11 is 1.71. The van der Waals surface area contributed by atoms with E-state index in [1.54, 1.807) is 34.6 Å². The van der Waals surface area contributed by atoms with Crippen molar-refractivity contribution in [2.75, 3.05) is 0 Å². The average Bonchev–Trinajstić information content (AvgIpc) is 3.20. The summed E-state index contributed by atoms with van der Waals surface area (Å²) in [6, 6.07) is 11.6. The quantitative estimate of drug-likeness (QED) is 0.788. The Labute approximate surface area is 132 Å². The van der Waals surface area contributed by atoms with Gasteiger partial charge < -0.3 is 5.32 Å². The van der Waals surface area contributed by atoms with Crippen molar-refractivity contribution in [2.24, 2.45) is 0 Å². The monoisotopic (exact) mass is 312 g/mol. The second kappa shape index (κ2) is 6.53. The third-order valence-electron chi connectivity index (χ3n) is 3.29. The van der Waals surface area contributed by atoms with E-state index < -0.39 is 0 Å². The molecule has 22 heavy (non-hydrogen) atoms. The fraction of sp³-hybridized carbons (Fsp3) is 0.188. The van der Waals surface area contributed by atoms with Gasteiger partial charge in [-0.25, -0.2) is 0 Å². The molecule has 0 saturated heterocycles. The molecule has 2 heterocycles. The molecule has 2 aromatic heterocycles. The van der Waals surface area contributed by atoms with E-state index in [9.17, 15) is 4.79 Å². The Balaban J connectivity index is 1.68. The molecule has 0 bridgehead atoms. The van der Waals surface area contributed by atoms with Crippen LogP contribution in [-0.2, 0) is 6.42 Å². The molecule has 1 atom stereocenters. The molecule has 1 amide bonds. The Kier molecular flexibility index (Phi) is 4.29. The SMILES string of the molecule is C[C@@H](Cc1cccs1)NC(=O)c1cccc(-n2cnnc2)c1. The van der Waals surface area contributed by atoms with Gasteiger partial charge in [0.25, 0.3) is 5.91 Å². The van der Waals surface area contributed by atoms with Crippen molar-refractivity contribution >= 4 is 17.2 Å². The number of thiophene rings is 1. The van der Waals surface area contributed by atoms with Crippen molar-refractivity contribution in [3.05, 3.63) is 64.9 Å². The van der Waals surface area contributed by atoms with Crippen molar-refractivity contribution < 1.29 is 4.79 Å². The minimum Gasteiger partial charge on any atom is -0.349 e. The maximum Gasteiger partial charge on any atom is 0.251 e. The summed E-state index contributed by atoms with van der Waals surface area (Å²) in [5.74, 6) is -0.0704. The summed E-state index contributed by atoms with van der Waals surface area (Å²) in [6.07, 6.45) is 4.06. The molecular formula is C16H16N4OS. The molecule has 112 valence electrons. The lowest BCUT2D eigenvalue weighted by Gasteiger charge is -2.13. The lowest BCUT2D eigenvalue weighted by molar-refractivity contribution is 0.0940. The van der Waals surface area contributed by atoms with Gasteiger partial charge in [-0.05, 0) is 36.6 Å². The van der Waals surface area contributed by atoms with Gasteiger partial charge in [-0.15, -0.1) is 21.5 Å². The van der Waals surface area contributed by atoms with Gasteiger partial charge >= 0.3 is 0 Å². The first-order valence-corrected chi connectivity index (χ1v) is 7.88. The van der Waals surface area contributed by atoms with Crippen LogP contribution in [0.2, 0.25) is 0 Å². The summed E-state index contributed by atoms with van der Waals surface area (Å²) in [5, 5.41) is 12.6. The summed E-state index contributed by atoms with van der Waals surface area (Å²) in [5.41, 5.74) is 1.49. The highest BCUT2D eigenvalue weighted by molar-refractivity contribution is 7.09. The Morgan fingerprint density at radius 2 is 2.09 bits per heavy atom. The zero-order valence-electron chi connectivity index (χ0n) is 12.1. The summed E-state index contributed by atoms with van der Waals surface area (Å²) in [7, 11) is 0. The molecule has 0 unspecified atom stereocenters. The van der Waals surface area contributed by atoms with Gasteiger partial charge in [0.2, 0.25) is 0 Å².